The van der Waals surface area contributed by atoms with E-state index in [0.717, 1.165) is 0 Å². The molecule has 0 radical (unpaired) electrons. The summed E-state index contributed by atoms with van der Waals surface area (Å²) in [5.74, 6) is 0.302. The first kappa shape index (κ1) is 18.4. The highest BCUT2D eigenvalue weighted by Gasteiger charge is 2.12. The summed E-state index contributed by atoms with van der Waals surface area (Å²) in [6.07, 6.45) is 2.02. The van der Waals surface area contributed by atoms with Crippen LogP contribution in [0.3, 0.4) is 0 Å². The predicted molar refractivity (Wildman–Crippen MR) is 100 cm³/mol. The van der Waals surface area contributed by atoms with Gasteiger partial charge in [0.05, 0.1) is 11.2 Å². The van der Waals surface area contributed by atoms with Crippen LogP contribution in [0.1, 0.15) is 17.9 Å². The Morgan fingerprint density at radius 2 is 2.04 bits per heavy atom. The first-order valence-electron chi connectivity index (χ1n) is 7.88. The highest BCUT2D eigenvalue weighted by Crippen LogP contribution is 2.30. The summed E-state index contributed by atoms with van der Waals surface area (Å²) in [5, 5.41) is 3.64. The van der Waals surface area contributed by atoms with Gasteiger partial charge in [-0.15, -0.1) is 0 Å². The van der Waals surface area contributed by atoms with Crippen molar-refractivity contribution in [1.29, 1.82) is 0 Å². The van der Waals surface area contributed by atoms with Crippen LogP contribution in [0.5, 0.6) is 0 Å². The van der Waals surface area contributed by atoms with Crippen LogP contribution in [0.25, 0.3) is 11.3 Å². The van der Waals surface area contributed by atoms with E-state index in [2.05, 4.69) is 10.3 Å². The van der Waals surface area contributed by atoms with Crippen LogP contribution in [-0.4, -0.2) is 10.9 Å². The molecule has 0 fully saturated rings. The number of nitrogens with one attached hydrogen (secondary N) is 1. The number of hydrogen-bond acceptors (Lipinski definition) is 3. The minimum absolute atomic E-state index is 0.157. The number of benzene rings is 2. The first-order valence-corrected chi connectivity index (χ1v) is 8.64. The van der Waals surface area contributed by atoms with Crippen molar-refractivity contribution in [2.75, 3.05) is 5.32 Å². The summed E-state index contributed by atoms with van der Waals surface area (Å²) in [6.45, 7) is 1.66. The number of halogens is 3. The van der Waals surface area contributed by atoms with E-state index in [1.54, 1.807) is 43.5 Å². The van der Waals surface area contributed by atoms with Crippen molar-refractivity contribution >= 4 is 34.8 Å². The summed E-state index contributed by atoms with van der Waals surface area (Å²) in [5.41, 5.74) is 1.62. The molecule has 0 aliphatic carbocycles. The molecular weight excluding hydrogens is 378 g/mol. The Morgan fingerprint density at radius 1 is 1.23 bits per heavy atom. The average Bonchev–Trinajstić information content (AvgIpc) is 3.05. The zero-order valence-electron chi connectivity index (χ0n) is 13.9. The summed E-state index contributed by atoms with van der Waals surface area (Å²) in [4.78, 5) is 16.2. The number of aryl methyl sites for hydroxylation is 2. The molecular formula is C19H15Cl2FN2O2. The van der Waals surface area contributed by atoms with Gasteiger partial charge in [-0.2, -0.15) is 0 Å². The molecule has 0 saturated carbocycles. The second-order valence-corrected chi connectivity index (χ2v) is 6.60. The molecule has 0 bridgehead atoms. The molecule has 1 heterocycles. The monoisotopic (exact) mass is 392 g/mol. The van der Waals surface area contributed by atoms with Crippen molar-refractivity contribution in [2.24, 2.45) is 0 Å². The van der Waals surface area contributed by atoms with E-state index in [0.29, 0.717) is 44.9 Å². The Labute approximate surface area is 160 Å². The van der Waals surface area contributed by atoms with Crippen LogP contribution in [0.15, 0.2) is 47.0 Å². The molecule has 1 amide bonds. The molecule has 0 spiro atoms. The zero-order valence-corrected chi connectivity index (χ0v) is 15.4. The van der Waals surface area contributed by atoms with Crippen LogP contribution in [-0.2, 0) is 11.2 Å². The van der Waals surface area contributed by atoms with E-state index >= 15 is 0 Å². The quantitative estimate of drug-likeness (QED) is 0.608. The Bertz CT molecular complexity index is 956. The van der Waals surface area contributed by atoms with Gasteiger partial charge < -0.3 is 9.73 Å². The molecule has 7 heteroatoms. The fourth-order valence-electron chi connectivity index (χ4n) is 2.35. The maximum atomic E-state index is 13.5. The van der Waals surface area contributed by atoms with Crippen molar-refractivity contribution in [3.05, 3.63) is 69.9 Å². The van der Waals surface area contributed by atoms with Crippen molar-refractivity contribution in [3.63, 3.8) is 0 Å². The number of amides is 1. The third kappa shape index (κ3) is 4.42. The first-order chi connectivity index (χ1) is 12.4. The standard InChI is InChI=1S/C19H15Cl2FN2O2/c1-11-2-4-13(9-16(11)22)24-18(25)6-7-19-23-10-17(26-19)14-5-3-12(20)8-15(14)21/h2-5,8-10H,6-7H2,1H3,(H,24,25). The minimum Gasteiger partial charge on any atom is -0.441 e. The number of rotatable bonds is 5. The molecule has 26 heavy (non-hydrogen) atoms. The van der Waals surface area contributed by atoms with E-state index in [4.69, 9.17) is 27.6 Å². The fourth-order valence-corrected chi connectivity index (χ4v) is 2.86. The lowest BCUT2D eigenvalue weighted by atomic mass is 10.2. The lowest BCUT2D eigenvalue weighted by Gasteiger charge is -2.05. The van der Waals surface area contributed by atoms with Gasteiger partial charge in [0, 0.05) is 29.1 Å². The minimum atomic E-state index is -0.361. The van der Waals surface area contributed by atoms with E-state index in [9.17, 15) is 9.18 Å². The Morgan fingerprint density at radius 3 is 2.77 bits per heavy atom. The zero-order chi connectivity index (χ0) is 18.7. The smallest absolute Gasteiger partial charge is 0.224 e. The molecule has 3 aromatic rings. The van der Waals surface area contributed by atoms with Crippen molar-refractivity contribution in [1.82, 2.24) is 4.98 Å². The van der Waals surface area contributed by atoms with E-state index in [-0.39, 0.29) is 18.1 Å². The Kier molecular flexibility index (Phi) is 5.59. The Hall–Kier alpha value is -2.37. The second kappa shape index (κ2) is 7.89. The maximum Gasteiger partial charge on any atom is 0.224 e. The largest absolute Gasteiger partial charge is 0.441 e. The van der Waals surface area contributed by atoms with Gasteiger partial charge in [0.15, 0.2) is 11.7 Å². The second-order valence-electron chi connectivity index (χ2n) is 5.75. The molecule has 0 atom stereocenters. The van der Waals surface area contributed by atoms with Gasteiger partial charge in [-0.25, -0.2) is 9.37 Å². The van der Waals surface area contributed by atoms with Crippen LogP contribution in [0.2, 0.25) is 10.0 Å². The number of nitrogens with zero attached hydrogens (tertiary/aromatic N) is 1. The molecule has 4 nitrogen and oxygen atoms in total. The third-order valence-corrected chi connectivity index (χ3v) is 4.32. The number of carbonyl (C=O) groups is 1. The summed E-state index contributed by atoms with van der Waals surface area (Å²) in [6, 6.07) is 9.63. The highest BCUT2D eigenvalue weighted by atomic mass is 35.5. The van der Waals surface area contributed by atoms with Gasteiger partial charge in [-0.1, -0.05) is 29.3 Å². The van der Waals surface area contributed by atoms with Gasteiger partial charge >= 0.3 is 0 Å². The SMILES string of the molecule is Cc1ccc(NC(=O)CCc2ncc(-c3ccc(Cl)cc3Cl)o2)cc1F. The highest BCUT2D eigenvalue weighted by molar-refractivity contribution is 6.36. The predicted octanol–water partition coefficient (Wildman–Crippen LogP) is 5.67. The number of aromatic nitrogens is 1. The average molecular weight is 393 g/mol. The summed E-state index contributed by atoms with van der Waals surface area (Å²) in [7, 11) is 0. The number of anilines is 1. The summed E-state index contributed by atoms with van der Waals surface area (Å²) >= 11 is 12.0. The molecule has 134 valence electrons. The van der Waals surface area contributed by atoms with Crippen molar-refractivity contribution < 1.29 is 13.6 Å². The van der Waals surface area contributed by atoms with E-state index < -0.39 is 0 Å². The number of oxazole rings is 1. The number of hydrogen-bond donors (Lipinski definition) is 1. The topological polar surface area (TPSA) is 55.1 Å². The molecule has 3 rings (SSSR count). The van der Waals surface area contributed by atoms with Crippen LogP contribution < -0.4 is 5.32 Å². The molecule has 0 aliphatic rings. The van der Waals surface area contributed by atoms with Gasteiger partial charge in [-0.3, -0.25) is 4.79 Å². The lowest BCUT2D eigenvalue weighted by Crippen LogP contribution is -2.12. The van der Waals surface area contributed by atoms with E-state index in [1.165, 1.54) is 6.07 Å². The van der Waals surface area contributed by atoms with Crippen molar-refractivity contribution in [3.8, 4) is 11.3 Å². The molecule has 2 aromatic carbocycles. The normalized spacial score (nSPS) is 10.8. The van der Waals surface area contributed by atoms with Gasteiger partial charge in [-0.05, 0) is 42.8 Å². The van der Waals surface area contributed by atoms with E-state index in [1.807, 2.05) is 0 Å². The van der Waals surface area contributed by atoms with Crippen LogP contribution in [0, 0.1) is 12.7 Å². The molecule has 0 aliphatic heterocycles. The summed E-state index contributed by atoms with van der Waals surface area (Å²) < 4.78 is 19.2. The molecule has 1 N–H and O–H groups in total. The van der Waals surface area contributed by atoms with Crippen LogP contribution in [0.4, 0.5) is 10.1 Å². The number of carbonyl (C=O) groups excluding carboxylic acids is 1. The fraction of sp³-hybridized carbons (Fsp3) is 0.158. The van der Waals surface area contributed by atoms with Gasteiger partial charge in [0.1, 0.15) is 5.82 Å². The Balaban J connectivity index is 1.60. The molecule has 0 saturated heterocycles. The van der Waals surface area contributed by atoms with Gasteiger partial charge in [0.25, 0.3) is 0 Å². The maximum absolute atomic E-state index is 13.5. The van der Waals surface area contributed by atoms with Crippen LogP contribution >= 0.6 is 23.2 Å². The molecule has 1 aromatic heterocycles. The van der Waals surface area contributed by atoms with Gasteiger partial charge in [0.2, 0.25) is 5.91 Å². The van der Waals surface area contributed by atoms with Crippen molar-refractivity contribution in [2.45, 2.75) is 19.8 Å². The molecule has 0 unspecified atom stereocenters. The lowest BCUT2D eigenvalue weighted by molar-refractivity contribution is -0.116. The third-order valence-electron chi connectivity index (χ3n) is 3.77.